The molecule has 0 heterocycles. The van der Waals surface area contributed by atoms with Crippen molar-refractivity contribution in [2.75, 3.05) is 7.11 Å². The van der Waals surface area contributed by atoms with Crippen molar-refractivity contribution in [3.8, 4) is 0 Å². The number of rotatable bonds is 5. The highest BCUT2D eigenvalue weighted by molar-refractivity contribution is 6.41. The molecule has 0 saturated carbocycles. The summed E-state index contributed by atoms with van der Waals surface area (Å²) in [5.41, 5.74) is 1.22. The molecule has 0 bridgehead atoms. The first-order valence-corrected chi connectivity index (χ1v) is 6.26. The average Bonchev–Trinajstić information content (AvgIpc) is 2.46. The number of ether oxygens (including phenoxy) is 1. The Bertz CT molecular complexity index is 591. The molecule has 1 aromatic rings. The average molecular weight is 291 g/mol. The van der Waals surface area contributed by atoms with Gasteiger partial charge in [0, 0.05) is 11.6 Å². The second kappa shape index (κ2) is 7.23. The molecule has 0 aromatic heterocycles. The van der Waals surface area contributed by atoms with Gasteiger partial charge in [-0.3, -0.25) is 9.59 Å². The lowest BCUT2D eigenvalue weighted by atomic mass is 10.1. The van der Waals surface area contributed by atoms with Gasteiger partial charge in [0.25, 0.3) is 5.91 Å². The minimum absolute atomic E-state index is 0.307. The van der Waals surface area contributed by atoms with Crippen LogP contribution in [0.25, 0.3) is 5.76 Å². The van der Waals surface area contributed by atoms with E-state index < -0.39 is 23.7 Å². The monoisotopic (exact) mass is 291 g/mol. The van der Waals surface area contributed by atoms with Crippen LogP contribution in [0.1, 0.15) is 18.1 Å². The first kappa shape index (κ1) is 16.4. The third-order valence-corrected chi connectivity index (χ3v) is 2.81. The van der Waals surface area contributed by atoms with E-state index in [1.165, 1.54) is 14.0 Å². The molecule has 0 spiro atoms. The number of aryl methyl sites for hydroxylation is 1. The number of aliphatic hydroxyl groups is 1. The topological polar surface area (TPSA) is 92.7 Å². The van der Waals surface area contributed by atoms with Gasteiger partial charge < -0.3 is 15.2 Å². The van der Waals surface area contributed by atoms with Gasteiger partial charge in [-0.2, -0.15) is 0 Å². The van der Waals surface area contributed by atoms with Crippen molar-refractivity contribution in [3.63, 3.8) is 0 Å². The third-order valence-electron chi connectivity index (χ3n) is 2.81. The Morgan fingerprint density at radius 1 is 1.29 bits per heavy atom. The zero-order chi connectivity index (χ0) is 16.0. The Morgan fingerprint density at radius 3 is 2.48 bits per heavy atom. The number of hydrogen-bond donors (Lipinski definition) is 2. The zero-order valence-corrected chi connectivity index (χ0v) is 12.0. The molecule has 0 saturated heterocycles. The smallest absolute Gasteiger partial charge is 0.328 e. The van der Waals surface area contributed by atoms with Gasteiger partial charge in [0.15, 0.2) is 0 Å². The van der Waals surface area contributed by atoms with Gasteiger partial charge in [0.2, 0.25) is 5.78 Å². The van der Waals surface area contributed by atoms with Crippen molar-refractivity contribution >= 4 is 23.4 Å². The molecule has 1 atom stereocenters. The van der Waals surface area contributed by atoms with E-state index in [0.717, 1.165) is 11.6 Å². The van der Waals surface area contributed by atoms with E-state index in [4.69, 9.17) is 0 Å². The van der Waals surface area contributed by atoms with Gasteiger partial charge in [0.05, 0.1) is 7.11 Å². The first-order chi connectivity index (χ1) is 9.86. The van der Waals surface area contributed by atoms with Gasteiger partial charge in [-0.1, -0.05) is 24.3 Å². The maximum Gasteiger partial charge on any atom is 0.328 e. The van der Waals surface area contributed by atoms with Crippen molar-refractivity contribution in [2.24, 2.45) is 0 Å². The summed E-state index contributed by atoms with van der Waals surface area (Å²) in [6.07, 6.45) is 0.821. The molecule has 6 nitrogen and oxygen atoms in total. The molecule has 112 valence electrons. The number of amides is 1. The number of carbonyl (C=O) groups is 3. The van der Waals surface area contributed by atoms with E-state index in [1.807, 2.05) is 0 Å². The molecule has 0 aliphatic heterocycles. The van der Waals surface area contributed by atoms with Crippen LogP contribution in [0.2, 0.25) is 0 Å². The number of carbonyl (C=O) groups excluding carboxylic acids is 3. The summed E-state index contributed by atoms with van der Waals surface area (Å²) >= 11 is 0. The lowest BCUT2D eigenvalue weighted by Crippen LogP contribution is -2.42. The number of esters is 1. The van der Waals surface area contributed by atoms with E-state index in [0.29, 0.717) is 5.56 Å². The van der Waals surface area contributed by atoms with Gasteiger partial charge in [-0.25, -0.2) is 4.79 Å². The lowest BCUT2D eigenvalue weighted by molar-refractivity contribution is -0.145. The summed E-state index contributed by atoms with van der Waals surface area (Å²) < 4.78 is 4.43. The van der Waals surface area contributed by atoms with Crippen molar-refractivity contribution in [1.82, 2.24) is 5.32 Å². The fraction of sp³-hybridized carbons (Fsp3) is 0.267. The summed E-state index contributed by atoms with van der Waals surface area (Å²) in [7, 11) is 1.18. The standard InChI is InChI=1S/C15H17NO5/c1-9-6-4-5-7-11(9)12(17)8-13(18)14(19)16-10(2)15(20)21-3/h4-8,10,17H,1-3H3,(H,16,19)/b12-8-/t10-/m1/s1. The van der Waals surface area contributed by atoms with Crippen LogP contribution in [0.4, 0.5) is 0 Å². The van der Waals surface area contributed by atoms with Gasteiger partial charge in [-0.15, -0.1) is 0 Å². The highest BCUT2D eigenvalue weighted by Crippen LogP contribution is 2.15. The van der Waals surface area contributed by atoms with Crippen molar-refractivity contribution < 1.29 is 24.2 Å². The maximum absolute atomic E-state index is 11.7. The predicted octanol–water partition coefficient (Wildman–Crippen LogP) is 1.14. The van der Waals surface area contributed by atoms with Crippen LogP contribution >= 0.6 is 0 Å². The number of ketones is 1. The number of nitrogens with one attached hydrogen (secondary N) is 1. The Labute approximate surface area is 122 Å². The molecular formula is C15H17NO5. The maximum atomic E-state index is 11.7. The molecule has 1 rings (SSSR count). The lowest BCUT2D eigenvalue weighted by Gasteiger charge is -2.10. The zero-order valence-electron chi connectivity index (χ0n) is 12.0. The van der Waals surface area contributed by atoms with Crippen molar-refractivity contribution in [3.05, 3.63) is 41.5 Å². The number of aliphatic hydroxyl groups excluding tert-OH is 1. The molecule has 2 N–H and O–H groups in total. The Kier molecular flexibility index (Phi) is 5.66. The molecular weight excluding hydrogens is 274 g/mol. The van der Waals surface area contributed by atoms with Gasteiger partial charge in [0.1, 0.15) is 11.8 Å². The Balaban J connectivity index is 2.80. The molecule has 0 radical (unpaired) electrons. The van der Waals surface area contributed by atoms with E-state index in [-0.39, 0.29) is 5.76 Å². The van der Waals surface area contributed by atoms with Gasteiger partial charge >= 0.3 is 5.97 Å². The SMILES string of the molecule is COC(=O)[C@@H](C)NC(=O)C(=O)/C=C(\O)c1ccccc1C. The minimum Gasteiger partial charge on any atom is -0.507 e. The highest BCUT2D eigenvalue weighted by Gasteiger charge is 2.20. The number of methoxy groups -OCH3 is 1. The molecule has 0 aliphatic carbocycles. The van der Waals surface area contributed by atoms with Crippen LogP contribution in [0, 0.1) is 6.92 Å². The fourth-order valence-electron chi connectivity index (χ4n) is 1.63. The number of benzene rings is 1. The summed E-state index contributed by atoms with van der Waals surface area (Å²) in [5.74, 6) is -2.92. The molecule has 1 amide bonds. The molecule has 0 fully saturated rings. The second-order valence-electron chi connectivity index (χ2n) is 4.43. The summed E-state index contributed by atoms with van der Waals surface area (Å²) in [4.78, 5) is 34.4. The van der Waals surface area contributed by atoms with Crippen LogP contribution in [-0.4, -0.2) is 35.9 Å². The summed E-state index contributed by atoms with van der Waals surface area (Å²) in [6, 6.07) is 5.95. The van der Waals surface area contributed by atoms with Crippen LogP contribution in [0.15, 0.2) is 30.3 Å². The molecule has 21 heavy (non-hydrogen) atoms. The number of hydrogen-bond acceptors (Lipinski definition) is 5. The fourth-order valence-corrected chi connectivity index (χ4v) is 1.63. The summed E-state index contributed by atoms with van der Waals surface area (Å²) in [5, 5.41) is 12.1. The van der Waals surface area contributed by atoms with Crippen molar-refractivity contribution in [1.29, 1.82) is 0 Å². The normalized spacial score (nSPS) is 12.4. The molecule has 0 aliphatic rings. The highest BCUT2D eigenvalue weighted by atomic mass is 16.5. The molecule has 1 aromatic carbocycles. The first-order valence-electron chi connectivity index (χ1n) is 6.26. The predicted molar refractivity (Wildman–Crippen MR) is 76.4 cm³/mol. The van der Waals surface area contributed by atoms with Crippen LogP contribution in [-0.2, 0) is 19.1 Å². The summed E-state index contributed by atoms with van der Waals surface area (Å²) in [6.45, 7) is 3.16. The van der Waals surface area contributed by atoms with Crippen LogP contribution in [0.3, 0.4) is 0 Å². The van der Waals surface area contributed by atoms with Crippen LogP contribution < -0.4 is 5.32 Å². The van der Waals surface area contributed by atoms with E-state index >= 15 is 0 Å². The quantitative estimate of drug-likeness (QED) is 0.367. The third kappa shape index (κ3) is 4.45. The van der Waals surface area contributed by atoms with Gasteiger partial charge in [-0.05, 0) is 19.4 Å². The van der Waals surface area contributed by atoms with E-state index in [1.54, 1.807) is 31.2 Å². The van der Waals surface area contributed by atoms with E-state index in [2.05, 4.69) is 10.1 Å². The van der Waals surface area contributed by atoms with Crippen molar-refractivity contribution in [2.45, 2.75) is 19.9 Å². The second-order valence-corrected chi connectivity index (χ2v) is 4.43. The minimum atomic E-state index is -0.993. The van der Waals surface area contributed by atoms with Crippen LogP contribution in [0.5, 0.6) is 0 Å². The Hall–Kier alpha value is -2.63. The Morgan fingerprint density at radius 2 is 1.90 bits per heavy atom. The molecule has 0 unspecified atom stereocenters. The van der Waals surface area contributed by atoms with E-state index in [9.17, 15) is 19.5 Å². The molecule has 6 heteroatoms. The largest absolute Gasteiger partial charge is 0.507 e.